The van der Waals surface area contributed by atoms with Gasteiger partial charge in [-0.05, 0) is 19.1 Å². The van der Waals surface area contributed by atoms with Crippen LogP contribution in [0.25, 0.3) is 10.9 Å². The first-order valence-corrected chi connectivity index (χ1v) is 8.76. The van der Waals surface area contributed by atoms with Gasteiger partial charge in [0.25, 0.3) is 5.56 Å². The number of para-hydroxylation sites is 1. The van der Waals surface area contributed by atoms with Crippen LogP contribution in [-0.4, -0.2) is 39.8 Å². The summed E-state index contributed by atoms with van der Waals surface area (Å²) in [4.78, 5) is 45.2. The molecule has 7 nitrogen and oxygen atoms in total. The van der Waals surface area contributed by atoms with Crippen LogP contribution in [0.15, 0.2) is 29.1 Å². The summed E-state index contributed by atoms with van der Waals surface area (Å²) in [5, 5.41) is 3.29. The highest BCUT2D eigenvalue weighted by molar-refractivity contribution is 5.82. The van der Waals surface area contributed by atoms with Crippen LogP contribution in [0.1, 0.15) is 39.9 Å². The summed E-state index contributed by atoms with van der Waals surface area (Å²) >= 11 is 0. The highest BCUT2D eigenvalue weighted by Crippen LogP contribution is 2.12. The lowest BCUT2D eigenvalue weighted by molar-refractivity contribution is -0.132. The molecule has 1 aromatic heterocycles. The second kappa shape index (κ2) is 8.12. The van der Waals surface area contributed by atoms with Gasteiger partial charge in [0.15, 0.2) is 0 Å². The third-order valence-electron chi connectivity index (χ3n) is 4.04. The normalized spacial score (nSPS) is 11.4. The number of nitrogens with one attached hydrogen (secondary N) is 2. The zero-order valence-electron chi connectivity index (χ0n) is 15.8. The fourth-order valence-corrected chi connectivity index (χ4v) is 2.47. The number of carbonyl (C=O) groups excluding carboxylic acids is 2. The maximum atomic E-state index is 12.4. The minimum absolute atomic E-state index is 0.0890. The number of aromatic nitrogens is 2. The second-order valence-corrected chi connectivity index (χ2v) is 7.19. The number of benzene rings is 1. The molecule has 1 aromatic carbocycles. The molecule has 0 aliphatic rings. The van der Waals surface area contributed by atoms with E-state index < -0.39 is 5.41 Å². The van der Waals surface area contributed by atoms with Crippen molar-refractivity contribution in [3.63, 3.8) is 0 Å². The Balaban J connectivity index is 2.01. The van der Waals surface area contributed by atoms with Crippen LogP contribution in [0.5, 0.6) is 0 Å². The van der Waals surface area contributed by atoms with E-state index in [1.54, 1.807) is 23.1 Å². The van der Waals surface area contributed by atoms with E-state index in [-0.39, 0.29) is 36.9 Å². The van der Waals surface area contributed by atoms with Gasteiger partial charge in [-0.1, -0.05) is 32.9 Å². The van der Waals surface area contributed by atoms with Crippen LogP contribution in [0.2, 0.25) is 0 Å². The molecule has 0 saturated heterocycles. The largest absolute Gasteiger partial charge is 0.355 e. The lowest BCUT2D eigenvalue weighted by Gasteiger charge is -2.21. The van der Waals surface area contributed by atoms with Gasteiger partial charge in [-0.3, -0.25) is 14.4 Å². The van der Waals surface area contributed by atoms with Crippen molar-refractivity contribution in [2.75, 3.05) is 13.1 Å². The van der Waals surface area contributed by atoms with E-state index in [2.05, 4.69) is 15.3 Å². The second-order valence-electron chi connectivity index (χ2n) is 7.19. The lowest BCUT2D eigenvalue weighted by Crippen LogP contribution is -2.38. The molecule has 0 aliphatic carbocycles. The third kappa shape index (κ3) is 4.91. The van der Waals surface area contributed by atoms with Gasteiger partial charge in [0, 0.05) is 24.9 Å². The van der Waals surface area contributed by atoms with Gasteiger partial charge in [-0.15, -0.1) is 0 Å². The summed E-state index contributed by atoms with van der Waals surface area (Å²) in [7, 11) is 0. The Morgan fingerprint density at radius 1 is 1.23 bits per heavy atom. The summed E-state index contributed by atoms with van der Waals surface area (Å²) < 4.78 is 0. The third-order valence-corrected chi connectivity index (χ3v) is 4.04. The molecule has 140 valence electrons. The first-order valence-electron chi connectivity index (χ1n) is 8.76. The molecule has 2 amide bonds. The van der Waals surface area contributed by atoms with E-state index in [0.29, 0.717) is 23.3 Å². The number of amides is 2. The number of hydrogen-bond donors (Lipinski definition) is 2. The van der Waals surface area contributed by atoms with Crippen LogP contribution < -0.4 is 10.9 Å². The number of H-pyrrole nitrogens is 1. The van der Waals surface area contributed by atoms with E-state index in [1.807, 2.05) is 33.8 Å². The predicted molar refractivity (Wildman–Crippen MR) is 101 cm³/mol. The number of aromatic amines is 1. The molecule has 26 heavy (non-hydrogen) atoms. The van der Waals surface area contributed by atoms with Crippen LogP contribution in [-0.2, 0) is 16.1 Å². The first-order chi connectivity index (χ1) is 12.2. The Morgan fingerprint density at radius 2 is 1.92 bits per heavy atom. The van der Waals surface area contributed by atoms with E-state index in [0.717, 1.165) is 0 Å². The van der Waals surface area contributed by atoms with Gasteiger partial charge in [-0.2, -0.15) is 0 Å². The van der Waals surface area contributed by atoms with E-state index in [1.165, 1.54) is 0 Å². The van der Waals surface area contributed by atoms with Crippen molar-refractivity contribution in [2.24, 2.45) is 5.41 Å². The minimum atomic E-state index is -0.484. The monoisotopic (exact) mass is 358 g/mol. The summed E-state index contributed by atoms with van der Waals surface area (Å²) in [5.41, 5.74) is -0.0964. The molecule has 0 unspecified atom stereocenters. The minimum Gasteiger partial charge on any atom is -0.355 e. The van der Waals surface area contributed by atoms with E-state index >= 15 is 0 Å². The molecule has 7 heteroatoms. The topological polar surface area (TPSA) is 95.2 Å². The lowest BCUT2D eigenvalue weighted by atomic mass is 9.96. The van der Waals surface area contributed by atoms with Crippen molar-refractivity contribution in [3.05, 3.63) is 40.4 Å². The smallest absolute Gasteiger partial charge is 0.258 e. The van der Waals surface area contributed by atoms with Gasteiger partial charge in [0.05, 0.1) is 17.4 Å². The van der Waals surface area contributed by atoms with Crippen molar-refractivity contribution in [1.29, 1.82) is 0 Å². The SMILES string of the molecule is CCN(Cc1nc2ccccc2c(=O)[nH]1)C(=O)CCNC(=O)C(C)(C)C. The van der Waals surface area contributed by atoms with Crippen molar-refractivity contribution < 1.29 is 9.59 Å². The van der Waals surface area contributed by atoms with Gasteiger partial charge in [-0.25, -0.2) is 4.98 Å². The Hall–Kier alpha value is -2.70. The Bertz CT molecular complexity index is 852. The van der Waals surface area contributed by atoms with Crippen molar-refractivity contribution >= 4 is 22.7 Å². The van der Waals surface area contributed by atoms with Gasteiger partial charge >= 0.3 is 0 Å². The van der Waals surface area contributed by atoms with Crippen LogP contribution in [0, 0.1) is 5.41 Å². The highest BCUT2D eigenvalue weighted by Gasteiger charge is 2.21. The zero-order chi connectivity index (χ0) is 19.3. The Kier molecular flexibility index (Phi) is 6.13. The molecular formula is C19H26N4O3. The van der Waals surface area contributed by atoms with Gasteiger partial charge < -0.3 is 15.2 Å². The summed E-state index contributed by atoms with van der Waals surface area (Å²) in [5.74, 6) is 0.258. The maximum absolute atomic E-state index is 12.4. The van der Waals surface area contributed by atoms with Crippen molar-refractivity contribution in [2.45, 2.75) is 40.7 Å². The zero-order valence-corrected chi connectivity index (χ0v) is 15.8. The van der Waals surface area contributed by atoms with Gasteiger partial charge in [0.2, 0.25) is 11.8 Å². The predicted octanol–water partition coefficient (Wildman–Crippen LogP) is 1.82. The molecule has 2 rings (SSSR count). The number of rotatable bonds is 6. The fourth-order valence-electron chi connectivity index (χ4n) is 2.47. The quantitative estimate of drug-likeness (QED) is 0.823. The number of carbonyl (C=O) groups is 2. The number of nitrogens with zero attached hydrogens (tertiary/aromatic N) is 2. The van der Waals surface area contributed by atoms with Crippen molar-refractivity contribution in [1.82, 2.24) is 20.2 Å². The fraction of sp³-hybridized carbons (Fsp3) is 0.474. The summed E-state index contributed by atoms with van der Waals surface area (Å²) in [6, 6.07) is 7.09. The molecule has 0 atom stereocenters. The summed E-state index contributed by atoms with van der Waals surface area (Å²) in [6.45, 7) is 8.34. The summed E-state index contributed by atoms with van der Waals surface area (Å²) in [6.07, 6.45) is 0.202. The van der Waals surface area contributed by atoms with E-state index in [4.69, 9.17) is 0 Å². The first kappa shape index (κ1) is 19.6. The van der Waals surface area contributed by atoms with Crippen LogP contribution in [0.4, 0.5) is 0 Å². The molecule has 1 heterocycles. The molecule has 0 radical (unpaired) electrons. The van der Waals surface area contributed by atoms with Crippen LogP contribution in [0.3, 0.4) is 0 Å². The number of fused-ring (bicyclic) bond motifs is 1. The Labute approximate surface area is 152 Å². The standard InChI is InChI=1S/C19H26N4O3/c1-5-23(16(24)10-11-20-18(26)19(2,3)4)12-15-21-14-9-7-6-8-13(14)17(25)22-15/h6-9H,5,10-12H2,1-4H3,(H,20,26)(H,21,22,25). The van der Waals surface area contributed by atoms with Crippen LogP contribution >= 0.6 is 0 Å². The maximum Gasteiger partial charge on any atom is 0.258 e. The highest BCUT2D eigenvalue weighted by atomic mass is 16.2. The molecule has 0 spiro atoms. The average molecular weight is 358 g/mol. The van der Waals surface area contributed by atoms with Crippen molar-refractivity contribution in [3.8, 4) is 0 Å². The average Bonchev–Trinajstić information content (AvgIpc) is 2.58. The molecule has 2 aromatic rings. The molecule has 0 saturated carbocycles. The molecule has 0 fully saturated rings. The van der Waals surface area contributed by atoms with Gasteiger partial charge in [0.1, 0.15) is 5.82 Å². The molecule has 2 N–H and O–H groups in total. The molecule has 0 bridgehead atoms. The number of hydrogen-bond acceptors (Lipinski definition) is 4. The molecule has 0 aliphatic heterocycles. The Morgan fingerprint density at radius 3 is 2.58 bits per heavy atom. The molecular weight excluding hydrogens is 332 g/mol. The van der Waals surface area contributed by atoms with E-state index in [9.17, 15) is 14.4 Å².